The topological polar surface area (TPSA) is 138 Å². The van der Waals surface area contributed by atoms with Crippen LogP contribution in [-0.2, 0) is 0 Å². The third-order valence-electron chi connectivity index (χ3n) is 5.90. The zero-order chi connectivity index (χ0) is 19.8. The van der Waals surface area contributed by atoms with Crippen LogP contribution < -0.4 is 22.9 Å². The van der Waals surface area contributed by atoms with Gasteiger partial charge in [0.05, 0.1) is 0 Å². The van der Waals surface area contributed by atoms with Crippen molar-refractivity contribution in [1.29, 1.82) is 0 Å². The fourth-order valence-electron chi connectivity index (χ4n) is 4.12. The molecule has 1 aromatic rings. The highest BCUT2D eigenvalue weighted by atomic mass is 16.1. The number of hydrogen-bond donors (Lipinski definition) is 4. The first-order valence-corrected chi connectivity index (χ1v) is 10.1. The molecule has 6 nitrogen and oxygen atoms in total. The smallest absolute Gasteiger partial charge is 0.248 e. The Balaban J connectivity index is 0.000000199. The van der Waals surface area contributed by atoms with Gasteiger partial charge in [-0.2, -0.15) is 0 Å². The lowest BCUT2D eigenvalue weighted by Crippen LogP contribution is -2.30. The molecule has 6 heteroatoms. The number of amides is 2. The Morgan fingerprint density at radius 1 is 0.667 bits per heavy atom. The van der Waals surface area contributed by atoms with Crippen molar-refractivity contribution in [3.05, 3.63) is 35.4 Å². The molecule has 2 saturated carbocycles. The summed E-state index contributed by atoms with van der Waals surface area (Å²) in [6.07, 6.45) is 12.0. The fraction of sp³-hybridized carbons (Fsp3) is 0.619. The molecule has 8 N–H and O–H groups in total. The number of hydrogen-bond acceptors (Lipinski definition) is 4. The van der Waals surface area contributed by atoms with Gasteiger partial charge < -0.3 is 22.9 Å². The normalized spacial score (nSPS) is 27.9. The van der Waals surface area contributed by atoms with E-state index in [2.05, 4.69) is 0 Å². The van der Waals surface area contributed by atoms with E-state index in [1.54, 1.807) is 0 Å². The average molecular weight is 375 g/mol. The van der Waals surface area contributed by atoms with E-state index >= 15 is 0 Å². The zero-order valence-corrected chi connectivity index (χ0v) is 16.1. The van der Waals surface area contributed by atoms with E-state index in [-0.39, 0.29) is 0 Å². The second-order valence-corrected chi connectivity index (χ2v) is 8.10. The van der Waals surface area contributed by atoms with Crippen LogP contribution in [0, 0.1) is 11.8 Å². The Hall–Kier alpha value is -1.92. The lowest BCUT2D eigenvalue weighted by Gasteiger charge is -2.32. The Kier molecular flexibility index (Phi) is 8.25. The second kappa shape index (κ2) is 10.4. The number of nitrogens with two attached hydrogens (primary N) is 4. The summed E-state index contributed by atoms with van der Waals surface area (Å²) in [4.78, 5) is 21.2. The Bertz CT molecular complexity index is 548. The fourth-order valence-corrected chi connectivity index (χ4v) is 4.12. The number of carbonyl (C=O) groups is 2. The molecule has 0 radical (unpaired) electrons. The lowest BCUT2D eigenvalue weighted by atomic mass is 9.76. The molecule has 2 aliphatic rings. The van der Waals surface area contributed by atoms with Crippen molar-refractivity contribution in [3.8, 4) is 0 Å². The molecular formula is C21H34N4O2. The highest BCUT2D eigenvalue weighted by molar-refractivity contribution is 5.96. The summed E-state index contributed by atoms with van der Waals surface area (Å²) in [5.41, 5.74) is 22.6. The van der Waals surface area contributed by atoms with Crippen LogP contribution in [0.1, 0.15) is 78.5 Å². The van der Waals surface area contributed by atoms with Crippen molar-refractivity contribution >= 4 is 11.8 Å². The van der Waals surface area contributed by atoms with E-state index < -0.39 is 11.8 Å². The minimum absolute atomic E-state index is 0.361. The third kappa shape index (κ3) is 7.31. The van der Waals surface area contributed by atoms with Gasteiger partial charge in [0.25, 0.3) is 0 Å². The van der Waals surface area contributed by atoms with Gasteiger partial charge in [-0.25, -0.2) is 0 Å². The van der Waals surface area contributed by atoms with Gasteiger partial charge >= 0.3 is 0 Å². The van der Waals surface area contributed by atoms with Crippen molar-refractivity contribution in [3.63, 3.8) is 0 Å². The van der Waals surface area contributed by atoms with Gasteiger partial charge in [-0.1, -0.05) is 0 Å². The van der Waals surface area contributed by atoms with Crippen LogP contribution in [0.15, 0.2) is 24.3 Å². The molecule has 0 bridgehead atoms. The first kappa shape index (κ1) is 21.4. The molecule has 0 spiro atoms. The third-order valence-corrected chi connectivity index (χ3v) is 5.90. The molecule has 150 valence electrons. The molecule has 0 aliphatic heterocycles. The molecule has 2 aliphatic carbocycles. The molecule has 2 amide bonds. The van der Waals surface area contributed by atoms with Crippen LogP contribution in [-0.4, -0.2) is 23.9 Å². The number of rotatable bonds is 4. The van der Waals surface area contributed by atoms with Crippen LogP contribution in [0.25, 0.3) is 0 Å². The Morgan fingerprint density at radius 2 is 0.963 bits per heavy atom. The number of primary amides is 2. The SMILES string of the molecule is NC(=O)c1ccc(C(N)=O)cc1.NC1CCC(CC2CCC(N)CC2)CC1. The highest BCUT2D eigenvalue weighted by Crippen LogP contribution is 2.34. The summed E-state index contributed by atoms with van der Waals surface area (Å²) < 4.78 is 0. The number of carbonyl (C=O) groups excluding carboxylic acids is 2. The lowest BCUT2D eigenvalue weighted by molar-refractivity contribution is 0.0988. The van der Waals surface area contributed by atoms with Gasteiger partial charge in [0.1, 0.15) is 0 Å². The van der Waals surface area contributed by atoms with Crippen LogP contribution in [0.3, 0.4) is 0 Å². The minimum Gasteiger partial charge on any atom is -0.366 e. The largest absolute Gasteiger partial charge is 0.366 e. The monoisotopic (exact) mass is 374 g/mol. The molecule has 0 atom stereocenters. The predicted molar refractivity (Wildman–Crippen MR) is 108 cm³/mol. The van der Waals surface area contributed by atoms with E-state index in [1.165, 1.54) is 82.1 Å². The minimum atomic E-state index is -0.522. The second-order valence-electron chi connectivity index (χ2n) is 8.10. The average Bonchev–Trinajstić information content (AvgIpc) is 2.66. The van der Waals surface area contributed by atoms with Gasteiger partial charge in [-0.3, -0.25) is 9.59 Å². The van der Waals surface area contributed by atoms with E-state index in [0.717, 1.165) is 11.8 Å². The standard InChI is InChI=1S/C13H26N2.C8H8N2O2/c14-12-5-1-10(2-6-12)9-11-3-7-13(15)8-4-11;9-7(11)5-1-2-6(4-3-5)8(10)12/h10-13H,1-9,14-15H2;1-4H,(H2,9,11)(H2,10,12). The first-order valence-electron chi connectivity index (χ1n) is 10.1. The quantitative estimate of drug-likeness (QED) is 0.642. The summed E-state index contributed by atoms with van der Waals surface area (Å²) in [5, 5.41) is 0. The molecule has 27 heavy (non-hydrogen) atoms. The van der Waals surface area contributed by atoms with Gasteiger partial charge in [-0.05, 0) is 93.9 Å². The van der Waals surface area contributed by atoms with Gasteiger partial charge in [0, 0.05) is 23.2 Å². The molecular weight excluding hydrogens is 340 g/mol. The molecule has 0 unspecified atom stereocenters. The summed E-state index contributed by atoms with van der Waals surface area (Å²) in [6, 6.07) is 6.84. The maximum absolute atomic E-state index is 10.6. The van der Waals surface area contributed by atoms with Crippen LogP contribution >= 0.6 is 0 Å². The predicted octanol–water partition coefficient (Wildman–Crippen LogP) is 2.30. The zero-order valence-electron chi connectivity index (χ0n) is 16.1. The molecule has 0 saturated heterocycles. The highest BCUT2D eigenvalue weighted by Gasteiger charge is 2.24. The summed E-state index contributed by atoms with van der Waals surface area (Å²) >= 11 is 0. The van der Waals surface area contributed by atoms with Crippen molar-refractivity contribution in [2.75, 3.05) is 0 Å². The van der Waals surface area contributed by atoms with Crippen LogP contribution in [0.5, 0.6) is 0 Å². The van der Waals surface area contributed by atoms with Gasteiger partial charge in [0.15, 0.2) is 0 Å². The molecule has 2 fully saturated rings. The van der Waals surface area contributed by atoms with E-state index in [1.807, 2.05) is 0 Å². The van der Waals surface area contributed by atoms with Crippen molar-refractivity contribution < 1.29 is 9.59 Å². The molecule has 1 aromatic carbocycles. The van der Waals surface area contributed by atoms with E-state index in [9.17, 15) is 9.59 Å². The molecule has 0 heterocycles. The first-order chi connectivity index (χ1) is 12.8. The van der Waals surface area contributed by atoms with Crippen LogP contribution in [0.2, 0.25) is 0 Å². The maximum Gasteiger partial charge on any atom is 0.248 e. The Labute approximate surface area is 162 Å². The van der Waals surface area contributed by atoms with Crippen molar-refractivity contribution in [2.45, 2.75) is 69.9 Å². The van der Waals surface area contributed by atoms with Crippen LogP contribution in [0.4, 0.5) is 0 Å². The molecule has 3 rings (SSSR count). The van der Waals surface area contributed by atoms with Gasteiger partial charge in [0.2, 0.25) is 11.8 Å². The van der Waals surface area contributed by atoms with E-state index in [0.29, 0.717) is 23.2 Å². The molecule has 0 aromatic heterocycles. The summed E-state index contributed by atoms with van der Waals surface area (Å²) in [6.45, 7) is 0. The summed E-state index contributed by atoms with van der Waals surface area (Å²) in [7, 11) is 0. The van der Waals surface area contributed by atoms with Gasteiger partial charge in [-0.15, -0.1) is 0 Å². The van der Waals surface area contributed by atoms with Crippen molar-refractivity contribution in [1.82, 2.24) is 0 Å². The van der Waals surface area contributed by atoms with E-state index in [4.69, 9.17) is 22.9 Å². The number of benzene rings is 1. The van der Waals surface area contributed by atoms with Crippen molar-refractivity contribution in [2.24, 2.45) is 34.8 Å². The Morgan fingerprint density at radius 3 is 1.22 bits per heavy atom. The summed E-state index contributed by atoms with van der Waals surface area (Å²) in [5.74, 6) is 0.908. The maximum atomic E-state index is 10.6.